The molecule has 9 nitrogen and oxygen atoms in total. The molecule has 2 aromatic rings. The van der Waals surface area contributed by atoms with Crippen molar-refractivity contribution in [3.8, 4) is 5.75 Å². The average molecular weight is 483 g/mol. The monoisotopic (exact) mass is 482 g/mol. The molecule has 180 valence electrons. The highest BCUT2D eigenvalue weighted by molar-refractivity contribution is 7.80. The molecular weight excluding hydrogens is 452 g/mol. The van der Waals surface area contributed by atoms with E-state index in [9.17, 15) is 9.59 Å². The van der Waals surface area contributed by atoms with E-state index in [-0.39, 0.29) is 17.9 Å². The van der Waals surface area contributed by atoms with Crippen LogP contribution in [-0.4, -0.2) is 75.6 Å². The molecule has 1 N–H and O–H groups in total. The molecule has 10 heteroatoms. The van der Waals surface area contributed by atoms with Crippen molar-refractivity contribution in [2.45, 2.75) is 33.2 Å². The molecule has 0 spiro atoms. The van der Waals surface area contributed by atoms with E-state index in [1.165, 1.54) is 11.1 Å². The minimum absolute atomic E-state index is 0.107. The number of aryl methyl sites for hydroxylation is 1. The van der Waals surface area contributed by atoms with Crippen LogP contribution in [0.4, 0.5) is 10.6 Å². The normalized spacial score (nSPS) is 19.0. The summed E-state index contributed by atoms with van der Waals surface area (Å²) in [7, 11) is 0. The van der Waals surface area contributed by atoms with Gasteiger partial charge in [0.1, 0.15) is 11.9 Å². The van der Waals surface area contributed by atoms with E-state index in [0.717, 1.165) is 37.4 Å². The lowest BCUT2D eigenvalue weighted by Crippen LogP contribution is -2.49. The second kappa shape index (κ2) is 10.4. The van der Waals surface area contributed by atoms with Gasteiger partial charge in [-0.05, 0) is 49.3 Å². The van der Waals surface area contributed by atoms with E-state index in [0.29, 0.717) is 29.8 Å². The molecule has 2 aliphatic rings. The van der Waals surface area contributed by atoms with Gasteiger partial charge >= 0.3 is 6.09 Å². The number of amides is 2. The number of nitrogens with one attached hydrogen (secondary N) is 1. The highest BCUT2D eigenvalue weighted by atomic mass is 32.1. The summed E-state index contributed by atoms with van der Waals surface area (Å²) in [5.74, 6) is 0.707. The first-order chi connectivity index (χ1) is 16.3. The van der Waals surface area contributed by atoms with Crippen LogP contribution in [0.15, 0.2) is 36.5 Å². The quantitative estimate of drug-likeness (QED) is 0.628. The minimum Gasteiger partial charge on any atom is -0.409 e. The molecule has 2 fully saturated rings. The number of hydrogen-bond donors (Lipinski definition) is 1. The van der Waals surface area contributed by atoms with Gasteiger partial charge in [0.05, 0.1) is 6.20 Å². The largest absolute Gasteiger partial charge is 0.415 e. The smallest absolute Gasteiger partial charge is 0.409 e. The number of piperazine rings is 1. The maximum atomic E-state index is 12.6. The molecule has 0 radical (unpaired) electrons. The standard InChI is InChI=1S/C24H30N6O3S/c1-16(2)21-22(31)30(23(34)27-21)20-8-7-19(15-25-20)33-24(32)29-13-11-28(12-14-29)10-9-18-6-4-5-17(3)26-18/h4-8,15-16,21H,9-14H2,1-3H3,(H,27,34). The van der Waals surface area contributed by atoms with Crippen LogP contribution in [0.2, 0.25) is 0 Å². The summed E-state index contributed by atoms with van der Waals surface area (Å²) in [6, 6.07) is 8.98. The Bertz CT molecular complexity index is 1050. The number of aromatic nitrogens is 2. The molecule has 1 unspecified atom stereocenters. The first kappa shape index (κ1) is 24.0. The number of rotatable bonds is 6. The van der Waals surface area contributed by atoms with E-state index in [1.807, 2.05) is 39.0 Å². The fourth-order valence-corrected chi connectivity index (χ4v) is 4.37. The zero-order valence-electron chi connectivity index (χ0n) is 19.7. The fraction of sp³-hybridized carbons (Fsp3) is 0.458. The fourth-order valence-electron chi connectivity index (χ4n) is 4.06. The Morgan fingerprint density at radius 3 is 2.59 bits per heavy atom. The lowest BCUT2D eigenvalue weighted by atomic mass is 10.1. The first-order valence-electron chi connectivity index (χ1n) is 11.5. The number of carbonyl (C=O) groups is 2. The molecule has 34 heavy (non-hydrogen) atoms. The molecule has 2 amide bonds. The van der Waals surface area contributed by atoms with Gasteiger partial charge in [-0.15, -0.1) is 0 Å². The molecular formula is C24H30N6O3S. The Hall–Kier alpha value is -3.11. The van der Waals surface area contributed by atoms with E-state index in [2.05, 4.69) is 20.2 Å². The molecule has 2 aromatic heterocycles. The van der Waals surface area contributed by atoms with Gasteiger partial charge in [-0.2, -0.15) is 0 Å². The van der Waals surface area contributed by atoms with E-state index >= 15 is 0 Å². The van der Waals surface area contributed by atoms with Crippen LogP contribution in [0.3, 0.4) is 0 Å². The van der Waals surface area contributed by atoms with Crippen LogP contribution in [0.25, 0.3) is 0 Å². The third-order valence-electron chi connectivity index (χ3n) is 6.05. The predicted molar refractivity (Wildman–Crippen MR) is 133 cm³/mol. The topological polar surface area (TPSA) is 90.9 Å². The summed E-state index contributed by atoms with van der Waals surface area (Å²) >= 11 is 5.30. The van der Waals surface area contributed by atoms with Crippen LogP contribution in [-0.2, 0) is 11.2 Å². The molecule has 4 rings (SSSR count). The lowest BCUT2D eigenvalue weighted by molar-refractivity contribution is -0.119. The van der Waals surface area contributed by atoms with Crippen molar-refractivity contribution >= 4 is 35.1 Å². The Morgan fingerprint density at radius 1 is 1.21 bits per heavy atom. The third-order valence-corrected chi connectivity index (χ3v) is 6.35. The van der Waals surface area contributed by atoms with Crippen LogP contribution >= 0.6 is 12.2 Å². The van der Waals surface area contributed by atoms with E-state index in [4.69, 9.17) is 17.0 Å². The number of nitrogens with zero attached hydrogens (tertiary/aromatic N) is 5. The Kier molecular flexibility index (Phi) is 7.38. The summed E-state index contributed by atoms with van der Waals surface area (Å²) in [6.07, 6.45) is 1.93. The molecule has 2 saturated heterocycles. The molecule has 1 atom stereocenters. The van der Waals surface area contributed by atoms with Gasteiger partial charge in [0, 0.05) is 50.5 Å². The van der Waals surface area contributed by atoms with Crippen molar-refractivity contribution in [1.82, 2.24) is 25.1 Å². The van der Waals surface area contributed by atoms with Gasteiger partial charge in [-0.1, -0.05) is 19.9 Å². The molecule has 0 aromatic carbocycles. The van der Waals surface area contributed by atoms with Gasteiger partial charge in [0.15, 0.2) is 10.9 Å². The van der Waals surface area contributed by atoms with Crippen LogP contribution in [0, 0.1) is 12.8 Å². The van der Waals surface area contributed by atoms with Crippen molar-refractivity contribution in [3.63, 3.8) is 0 Å². The van der Waals surface area contributed by atoms with Gasteiger partial charge in [0.2, 0.25) is 0 Å². The molecule has 0 bridgehead atoms. The Labute approximate surface area is 205 Å². The van der Waals surface area contributed by atoms with Crippen LogP contribution in [0.5, 0.6) is 5.75 Å². The Morgan fingerprint density at radius 2 is 1.97 bits per heavy atom. The lowest BCUT2D eigenvalue weighted by Gasteiger charge is -2.33. The highest BCUT2D eigenvalue weighted by Gasteiger charge is 2.38. The summed E-state index contributed by atoms with van der Waals surface area (Å²) in [5, 5.41) is 3.36. The maximum absolute atomic E-state index is 12.6. The van der Waals surface area contributed by atoms with Crippen molar-refractivity contribution in [1.29, 1.82) is 0 Å². The van der Waals surface area contributed by atoms with Crippen LogP contribution in [0.1, 0.15) is 25.2 Å². The van der Waals surface area contributed by atoms with Crippen molar-refractivity contribution in [2.75, 3.05) is 37.6 Å². The average Bonchev–Trinajstić information content (AvgIpc) is 3.13. The molecule has 0 aliphatic carbocycles. The number of ether oxygens (including phenoxy) is 1. The minimum atomic E-state index is -0.399. The van der Waals surface area contributed by atoms with Crippen molar-refractivity contribution in [2.24, 2.45) is 5.92 Å². The summed E-state index contributed by atoms with van der Waals surface area (Å²) < 4.78 is 5.51. The molecule has 4 heterocycles. The summed E-state index contributed by atoms with van der Waals surface area (Å²) in [5.41, 5.74) is 2.11. The van der Waals surface area contributed by atoms with Gasteiger partial charge in [-0.25, -0.2) is 14.7 Å². The number of carbonyl (C=O) groups excluding carboxylic acids is 2. The first-order valence-corrected chi connectivity index (χ1v) is 11.9. The zero-order chi connectivity index (χ0) is 24.2. The zero-order valence-corrected chi connectivity index (χ0v) is 20.5. The Balaban J connectivity index is 1.26. The highest BCUT2D eigenvalue weighted by Crippen LogP contribution is 2.23. The second-order valence-electron chi connectivity index (χ2n) is 8.91. The summed E-state index contributed by atoms with van der Waals surface area (Å²) in [6.45, 7) is 9.60. The van der Waals surface area contributed by atoms with Gasteiger partial charge < -0.3 is 15.0 Å². The SMILES string of the molecule is Cc1cccc(CCN2CCN(C(=O)Oc3ccc(N4C(=O)C(C(C)C)NC4=S)nc3)CC2)n1. The maximum Gasteiger partial charge on any atom is 0.415 e. The number of hydrogen-bond acceptors (Lipinski definition) is 7. The van der Waals surface area contributed by atoms with Crippen molar-refractivity contribution in [3.05, 3.63) is 47.9 Å². The third kappa shape index (κ3) is 5.51. The summed E-state index contributed by atoms with van der Waals surface area (Å²) in [4.78, 5) is 39.5. The number of pyridine rings is 2. The van der Waals surface area contributed by atoms with Gasteiger partial charge in [0.25, 0.3) is 5.91 Å². The van der Waals surface area contributed by atoms with E-state index in [1.54, 1.807) is 17.0 Å². The molecule has 2 aliphatic heterocycles. The van der Waals surface area contributed by atoms with Crippen molar-refractivity contribution < 1.29 is 14.3 Å². The number of anilines is 1. The van der Waals surface area contributed by atoms with E-state index < -0.39 is 6.09 Å². The number of thiocarbonyl (C=S) groups is 1. The van der Waals surface area contributed by atoms with Gasteiger partial charge in [-0.3, -0.25) is 14.7 Å². The predicted octanol–water partition coefficient (Wildman–Crippen LogP) is 2.39. The van der Waals surface area contributed by atoms with Crippen LogP contribution < -0.4 is 15.0 Å². The second-order valence-corrected chi connectivity index (χ2v) is 9.30. The molecule has 0 saturated carbocycles.